The van der Waals surface area contributed by atoms with E-state index in [0.717, 1.165) is 17.9 Å². The summed E-state index contributed by atoms with van der Waals surface area (Å²) in [6, 6.07) is 11.6. The van der Waals surface area contributed by atoms with Crippen LogP contribution in [-0.4, -0.2) is 25.4 Å². The fraction of sp³-hybridized carbons (Fsp3) is 0.250. The Labute approximate surface area is 106 Å². The SMILES string of the molecule is CNCCOc1cc(-c2ccccc2)on1.Cl. The van der Waals surface area contributed by atoms with Gasteiger partial charge < -0.3 is 14.6 Å². The van der Waals surface area contributed by atoms with E-state index >= 15 is 0 Å². The Kier molecular flexibility index (Phi) is 5.52. The van der Waals surface area contributed by atoms with E-state index < -0.39 is 0 Å². The normalized spacial score (nSPS) is 9.71. The van der Waals surface area contributed by atoms with Gasteiger partial charge in [0.1, 0.15) is 6.61 Å². The first-order valence-corrected chi connectivity index (χ1v) is 5.19. The van der Waals surface area contributed by atoms with Crippen LogP contribution in [0.5, 0.6) is 5.88 Å². The summed E-state index contributed by atoms with van der Waals surface area (Å²) in [5.74, 6) is 1.24. The molecule has 0 spiro atoms. The number of aromatic nitrogens is 1. The molecule has 4 nitrogen and oxygen atoms in total. The van der Waals surface area contributed by atoms with Gasteiger partial charge in [-0.15, -0.1) is 12.4 Å². The van der Waals surface area contributed by atoms with E-state index in [4.69, 9.17) is 9.26 Å². The summed E-state index contributed by atoms with van der Waals surface area (Å²) >= 11 is 0. The maximum atomic E-state index is 5.38. The minimum atomic E-state index is 0. The second kappa shape index (κ2) is 6.93. The van der Waals surface area contributed by atoms with Crippen LogP contribution in [0, 0.1) is 0 Å². The number of rotatable bonds is 5. The fourth-order valence-corrected chi connectivity index (χ4v) is 1.32. The molecular weight excluding hydrogens is 240 g/mol. The quantitative estimate of drug-likeness (QED) is 0.833. The molecule has 92 valence electrons. The number of hydrogen-bond donors (Lipinski definition) is 1. The zero-order chi connectivity index (χ0) is 11.2. The monoisotopic (exact) mass is 254 g/mol. The van der Waals surface area contributed by atoms with E-state index in [0.29, 0.717) is 12.5 Å². The summed E-state index contributed by atoms with van der Waals surface area (Å²) in [4.78, 5) is 0. The average Bonchev–Trinajstić information content (AvgIpc) is 2.79. The van der Waals surface area contributed by atoms with E-state index in [1.807, 2.05) is 37.4 Å². The molecule has 0 amide bonds. The molecule has 0 saturated carbocycles. The van der Waals surface area contributed by atoms with Crippen molar-refractivity contribution >= 4 is 12.4 Å². The lowest BCUT2D eigenvalue weighted by Gasteiger charge is -1.98. The molecule has 0 aliphatic heterocycles. The Hall–Kier alpha value is -1.52. The van der Waals surface area contributed by atoms with E-state index in [1.54, 1.807) is 6.07 Å². The van der Waals surface area contributed by atoms with Gasteiger partial charge in [-0.3, -0.25) is 0 Å². The highest BCUT2D eigenvalue weighted by molar-refractivity contribution is 5.85. The van der Waals surface area contributed by atoms with Gasteiger partial charge >= 0.3 is 0 Å². The molecule has 17 heavy (non-hydrogen) atoms. The summed E-state index contributed by atoms with van der Waals surface area (Å²) in [5.41, 5.74) is 0.999. The topological polar surface area (TPSA) is 47.3 Å². The Morgan fingerprint density at radius 2 is 2.06 bits per heavy atom. The van der Waals surface area contributed by atoms with Crippen LogP contribution in [0.1, 0.15) is 0 Å². The first-order chi connectivity index (χ1) is 7.90. The zero-order valence-electron chi connectivity index (χ0n) is 9.55. The molecule has 0 bridgehead atoms. The van der Waals surface area contributed by atoms with Crippen LogP contribution in [-0.2, 0) is 0 Å². The van der Waals surface area contributed by atoms with Crippen LogP contribution in [0.25, 0.3) is 11.3 Å². The average molecular weight is 255 g/mol. The van der Waals surface area contributed by atoms with Gasteiger partial charge in [0.15, 0.2) is 5.76 Å². The van der Waals surface area contributed by atoms with Crippen molar-refractivity contribution in [1.29, 1.82) is 0 Å². The summed E-state index contributed by atoms with van der Waals surface area (Å²) in [6.45, 7) is 1.37. The number of nitrogens with one attached hydrogen (secondary N) is 1. The van der Waals surface area contributed by atoms with Gasteiger partial charge in [-0.1, -0.05) is 30.3 Å². The van der Waals surface area contributed by atoms with E-state index in [2.05, 4.69) is 10.5 Å². The van der Waals surface area contributed by atoms with Gasteiger partial charge in [-0.05, 0) is 12.2 Å². The minimum absolute atomic E-state index is 0. The number of ether oxygens (including phenoxy) is 1. The smallest absolute Gasteiger partial charge is 0.254 e. The van der Waals surface area contributed by atoms with Crippen LogP contribution in [0.2, 0.25) is 0 Å². The second-order valence-corrected chi connectivity index (χ2v) is 3.35. The lowest BCUT2D eigenvalue weighted by atomic mass is 10.2. The van der Waals surface area contributed by atoms with Gasteiger partial charge in [-0.2, -0.15) is 0 Å². The van der Waals surface area contributed by atoms with Crippen molar-refractivity contribution < 1.29 is 9.26 Å². The van der Waals surface area contributed by atoms with Crippen molar-refractivity contribution in [3.05, 3.63) is 36.4 Å². The lowest BCUT2D eigenvalue weighted by Crippen LogP contribution is -2.15. The number of hydrogen-bond acceptors (Lipinski definition) is 4. The van der Waals surface area contributed by atoms with Crippen molar-refractivity contribution in [1.82, 2.24) is 10.5 Å². The summed E-state index contributed by atoms with van der Waals surface area (Å²) in [7, 11) is 1.88. The predicted octanol–water partition coefficient (Wildman–Crippen LogP) is 2.36. The van der Waals surface area contributed by atoms with Crippen molar-refractivity contribution in [3.63, 3.8) is 0 Å². The number of likely N-dealkylation sites (N-methyl/N-ethyl adjacent to an activating group) is 1. The van der Waals surface area contributed by atoms with Crippen LogP contribution in [0.15, 0.2) is 40.9 Å². The highest BCUT2D eigenvalue weighted by Crippen LogP contribution is 2.22. The molecule has 0 saturated heterocycles. The molecule has 0 aliphatic rings. The third kappa shape index (κ3) is 3.76. The molecular formula is C12H15ClN2O2. The van der Waals surface area contributed by atoms with Gasteiger partial charge in [0.25, 0.3) is 5.88 Å². The van der Waals surface area contributed by atoms with E-state index in [-0.39, 0.29) is 12.4 Å². The molecule has 1 N–H and O–H groups in total. The minimum Gasteiger partial charge on any atom is -0.474 e. The maximum absolute atomic E-state index is 5.38. The van der Waals surface area contributed by atoms with Crippen molar-refractivity contribution in [3.8, 4) is 17.2 Å². The number of halogens is 1. The highest BCUT2D eigenvalue weighted by atomic mass is 35.5. The molecule has 0 atom stereocenters. The first kappa shape index (κ1) is 13.5. The van der Waals surface area contributed by atoms with Crippen molar-refractivity contribution in [2.45, 2.75) is 0 Å². The zero-order valence-corrected chi connectivity index (χ0v) is 10.4. The summed E-state index contributed by atoms with van der Waals surface area (Å²) < 4.78 is 10.6. The largest absolute Gasteiger partial charge is 0.474 e. The third-order valence-electron chi connectivity index (χ3n) is 2.15. The number of benzene rings is 1. The Bertz CT molecular complexity index is 431. The summed E-state index contributed by atoms with van der Waals surface area (Å²) in [5, 5.41) is 6.83. The Morgan fingerprint density at radius 1 is 1.29 bits per heavy atom. The molecule has 1 heterocycles. The van der Waals surface area contributed by atoms with Gasteiger partial charge in [0.05, 0.1) is 0 Å². The van der Waals surface area contributed by atoms with Gasteiger partial charge in [0, 0.05) is 18.2 Å². The van der Waals surface area contributed by atoms with Crippen LogP contribution < -0.4 is 10.1 Å². The molecule has 0 aliphatic carbocycles. The lowest BCUT2D eigenvalue weighted by molar-refractivity contribution is 0.282. The highest BCUT2D eigenvalue weighted by Gasteiger charge is 2.06. The fourth-order valence-electron chi connectivity index (χ4n) is 1.32. The van der Waals surface area contributed by atoms with Crippen LogP contribution >= 0.6 is 12.4 Å². The molecule has 1 aromatic heterocycles. The predicted molar refractivity (Wildman–Crippen MR) is 68.6 cm³/mol. The molecule has 0 radical (unpaired) electrons. The van der Waals surface area contributed by atoms with Gasteiger partial charge in [-0.25, -0.2) is 0 Å². The standard InChI is InChI=1S/C12H14N2O2.ClH/c1-13-7-8-15-12-9-11(16-14-12)10-5-3-2-4-6-10;/h2-6,9,13H,7-8H2,1H3;1H. The van der Waals surface area contributed by atoms with E-state index in [9.17, 15) is 0 Å². The molecule has 5 heteroatoms. The molecule has 0 unspecified atom stereocenters. The summed E-state index contributed by atoms with van der Waals surface area (Å²) in [6.07, 6.45) is 0. The van der Waals surface area contributed by atoms with Crippen LogP contribution in [0.4, 0.5) is 0 Å². The van der Waals surface area contributed by atoms with Gasteiger partial charge in [0.2, 0.25) is 0 Å². The third-order valence-corrected chi connectivity index (χ3v) is 2.15. The number of nitrogens with zero attached hydrogens (tertiary/aromatic N) is 1. The van der Waals surface area contributed by atoms with Crippen molar-refractivity contribution in [2.24, 2.45) is 0 Å². The molecule has 0 fully saturated rings. The molecule has 2 rings (SSSR count). The van der Waals surface area contributed by atoms with E-state index in [1.165, 1.54) is 0 Å². The van der Waals surface area contributed by atoms with Crippen LogP contribution in [0.3, 0.4) is 0 Å². The maximum Gasteiger partial charge on any atom is 0.254 e. The molecule has 1 aromatic carbocycles. The molecule has 2 aromatic rings. The first-order valence-electron chi connectivity index (χ1n) is 5.19. The Balaban J connectivity index is 0.00000144. The second-order valence-electron chi connectivity index (χ2n) is 3.35. The Morgan fingerprint density at radius 3 is 2.76 bits per heavy atom. The van der Waals surface area contributed by atoms with Crippen molar-refractivity contribution in [2.75, 3.05) is 20.2 Å².